The van der Waals surface area contributed by atoms with Gasteiger partial charge in [0.25, 0.3) is 5.69 Å². The van der Waals surface area contributed by atoms with E-state index in [1.165, 1.54) is 12.1 Å². The molecule has 0 heterocycles. The highest BCUT2D eigenvalue weighted by Crippen LogP contribution is 2.18. The van der Waals surface area contributed by atoms with E-state index < -0.39 is 4.92 Å². The molecule has 0 saturated heterocycles. The molecule has 1 aromatic carbocycles. The molecule has 15 heavy (non-hydrogen) atoms. The number of nitro benzene ring substituents is 1. The SMILES string of the molecule is CCNCCOc1cccc([N+](=O)[O-])c1. The van der Waals surface area contributed by atoms with Crippen molar-refractivity contribution in [2.75, 3.05) is 19.7 Å². The minimum atomic E-state index is -0.433. The van der Waals surface area contributed by atoms with Crippen molar-refractivity contribution < 1.29 is 9.66 Å². The summed E-state index contributed by atoms with van der Waals surface area (Å²) in [5.41, 5.74) is 0.0518. The summed E-state index contributed by atoms with van der Waals surface area (Å²) < 4.78 is 5.33. The Morgan fingerprint density at radius 1 is 1.53 bits per heavy atom. The first-order valence-corrected chi connectivity index (χ1v) is 4.82. The fourth-order valence-corrected chi connectivity index (χ4v) is 1.10. The summed E-state index contributed by atoms with van der Waals surface area (Å²) in [6.45, 7) is 4.14. The lowest BCUT2D eigenvalue weighted by atomic mass is 10.3. The second kappa shape index (κ2) is 5.98. The number of non-ortho nitro benzene ring substituents is 1. The lowest BCUT2D eigenvalue weighted by molar-refractivity contribution is -0.384. The highest BCUT2D eigenvalue weighted by atomic mass is 16.6. The zero-order valence-electron chi connectivity index (χ0n) is 8.60. The number of benzene rings is 1. The average Bonchev–Trinajstić information content (AvgIpc) is 2.25. The molecule has 0 bridgehead atoms. The maximum atomic E-state index is 10.5. The molecule has 5 nitrogen and oxygen atoms in total. The average molecular weight is 210 g/mol. The fourth-order valence-electron chi connectivity index (χ4n) is 1.10. The first-order valence-electron chi connectivity index (χ1n) is 4.82. The summed E-state index contributed by atoms with van der Waals surface area (Å²) in [5, 5.41) is 13.6. The Kier molecular flexibility index (Phi) is 4.56. The van der Waals surface area contributed by atoms with Gasteiger partial charge in [-0.05, 0) is 12.6 Å². The Bertz CT molecular complexity index is 328. The van der Waals surface area contributed by atoms with E-state index in [1.807, 2.05) is 6.92 Å². The van der Waals surface area contributed by atoms with Crippen LogP contribution in [-0.2, 0) is 0 Å². The standard InChI is InChI=1S/C10H14N2O3/c1-2-11-6-7-15-10-5-3-4-9(8-10)12(13)14/h3-5,8,11H,2,6-7H2,1H3. The van der Waals surface area contributed by atoms with Gasteiger partial charge in [0.1, 0.15) is 12.4 Å². The topological polar surface area (TPSA) is 64.4 Å². The van der Waals surface area contributed by atoms with Gasteiger partial charge in [-0.2, -0.15) is 0 Å². The summed E-state index contributed by atoms with van der Waals surface area (Å²) >= 11 is 0. The lowest BCUT2D eigenvalue weighted by Crippen LogP contribution is -2.20. The van der Waals surface area contributed by atoms with Gasteiger partial charge < -0.3 is 10.1 Å². The Morgan fingerprint density at radius 3 is 3.00 bits per heavy atom. The Labute approximate surface area is 88.2 Å². The fraction of sp³-hybridized carbons (Fsp3) is 0.400. The molecule has 0 aromatic heterocycles. The largest absolute Gasteiger partial charge is 0.492 e. The number of hydrogen-bond acceptors (Lipinski definition) is 4. The van der Waals surface area contributed by atoms with Crippen LogP contribution in [0.3, 0.4) is 0 Å². The highest BCUT2D eigenvalue weighted by molar-refractivity contribution is 5.37. The van der Waals surface area contributed by atoms with Crippen LogP contribution >= 0.6 is 0 Å². The number of hydrogen-bond donors (Lipinski definition) is 1. The van der Waals surface area contributed by atoms with Crippen molar-refractivity contribution in [1.82, 2.24) is 5.32 Å². The van der Waals surface area contributed by atoms with Gasteiger partial charge in [-0.1, -0.05) is 13.0 Å². The second-order valence-corrected chi connectivity index (χ2v) is 2.96. The molecule has 1 rings (SSSR count). The third kappa shape index (κ3) is 3.95. The van der Waals surface area contributed by atoms with Gasteiger partial charge in [0, 0.05) is 12.6 Å². The first kappa shape index (κ1) is 11.5. The molecule has 0 radical (unpaired) electrons. The van der Waals surface area contributed by atoms with Crippen molar-refractivity contribution >= 4 is 5.69 Å². The molecular weight excluding hydrogens is 196 g/mol. The van der Waals surface area contributed by atoms with Crippen molar-refractivity contribution in [3.63, 3.8) is 0 Å². The Balaban J connectivity index is 2.47. The smallest absolute Gasteiger partial charge is 0.273 e. The summed E-state index contributed by atoms with van der Waals surface area (Å²) in [6.07, 6.45) is 0. The van der Waals surface area contributed by atoms with E-state index >= 15 is 0 Å². The molecule has 0 aliphatic carbocycles. The number of likely N-dealkylation sites (N-methyl/N-ethyl adjacent to an activating group) is 1. The molecule has 0 fully saturated rings. The van der Waals surface area contributed by atoms with Gasteiger partial charge in [-0.3, -0.25) is 10.1 Å². The van der Waals surface area contributed by atoms with Crippen LogP contribution in [0.15, 0.2) is 24.3 Å². The number of nitrogens with zero attached hydrogens (tertiary/aromatic N) is 1. The molecule has 0 spiro atoms. The van der Waals surface area contributed by atoms with Crippen molar-refractivity contribution in [2.45, 2.75) is 6.92 Å². The number of nitro groups is 1. The second-order valence-electron chi connectivity index (χ2n) is 2.96. The number of nitrogens with one attached hydrogen (secondary N) is 1. The van der Waals surface area contributed by atoms with E-state index in [-0.39, 0.29) is 5.69 Å². The molecule has 5 heteroatoms. The Morgan fingerprint density at radius 2 is 2.33 bits per heavy atom. The summed E-state index contributed by atoms with van der Waals surface area (Å²) in [5.74, 6) is 0.530. The first-order chi connectivity index (χ1) is 7.24. The lowest BCUT2D eigenvalue weighted by Gasteiger charge is -2.05. The van der Waals surface area contributed by atoms with E-state index in [4.69, 9.17) is 4.74 Å². The summed E-state index contributed by atoms with van der Waals surface area (Å²) in [4.78, 5) is 10.0. The van der Waals surface area contributed by atoms with Gasteiger partial charge in [-0.25, -0.2) is 0 Å². The number of ether oxygens (including phenoxy) is 1. The summed E-state index contributed by atoms with van der Waals surface area (Å²) in [6, 6.07) is 6.18. The minimum absolute atomic E-state index is 0.0518. The van der Waals surface area contributed by atoms with Gasteiger partial charge in [0.2, 0.25) is 0 Å². The Hall–Kier alpha value is -1.62. The third-order valence-corrected chi connectivity index (χ3v) is 1.83. The highest BCUT2D eigenvalue weighted by Gasteiger charge is 2.05. The van der Waals surface area contributed by atoms with Gasteiger partial charge in [0.15, 0.2) is 0 Å². The molecule has 82 valence electrons. The molecular formula is C10H14N2O3. The monoisotopic (exact) mass is 210 g/mol. The molecule has 0 aliphatic heterocycles. The molecule has 0 saturated carbocycles. The van der Waals surface area contributed by atoms with E-state index in [2.05, 4.69) is 5.32 Å². The van der Waals surface area contributed by atoms with E-state index in [0.29, 0.717) is 12.4 Å². The maximum Gasteiger partial charge on any atom is 0.273 e. The van der Waals surface area contributed by atoms with E-state index in [0.717, 1.165) is 13.1 Å². The predicted molar refractivity (Wildman–Crippen MR) is 57.1 cm³/mol. The molecule has 0 atom stereocenters. The third-order valence-electron chi connectivity index (χ3n) is 1.83. The van der Waals surface area contributed by atoms with Gasteiger partial charge in [-0.15, -0.1) is 0 Å². The van der Waals surface area contributed by atoms with Gasteiger partial charge >= 0.3 is 0 Å². The van der Waals surface area contributed by atoms with Gasteiger partial charge in [0.05, 0.1) is 11.0 Å². The van der Waals surface area contributed by atoms with E-state index in [9.17, 15) is 10.1 Å². The molecule has 1 N–H and O–H groups in total. The van der Waals surface area contributed by atoms with Crippen molar-refractivity contribution in [3.05, 3.63) is 34.4 Å². The summed E-state index contributed by atoms with van der Waals surface area (Å²) in [7, 11) is 0. The van der Waals surface area contributed by atoms with Crippen LogP contribution in [0.2, 0.25) is 0 Å². The van der Waals surface area contributed by atoms with Crippen LogP contribution < -0.4 is 10.1 Å². The van der Waals surface area contributed by atoms with Crippen molar-refractivity contribution in [3.8, 4) is 5.75 Å². The molecule has 1 aromatic rings. The molecule has 0 amide bonds. The minimum Gasteiger partial charge on any atom is -0.492 e. The predicted octanol–water partition coefficient (Wildman–Crippen LogP) is 1.58. The zero-order valence-corrected chi connectivity index (χ0v) is 8.60. The van der Waals surface area contributed by atoms with E-state index in [1.54, 1.807) is 12.1 Å². The zero-order chi connectivity index (χ0) is 11.1. The van der Waals surface area contributed by atoms with Crippen LogP contribution in [-0.4, -0.2) is 24.6 Å². The maximum absolute atomic E-state index is 10.5. The van der Waals surface area contributed by atoms with Crippen LogP contribution in [0.5, 0.6) is 5.75 Å². The van der Waals surface area contributed by atoms with Crippen LogP contribution in [0, 0.1) is 10.1 Å². The van der Waals surface area contributed by atoms with Crippen LogP contribution in [0.25, 0.3) is 0 Å². The molecule has 0 aliphatic rings. The van der Waals surface area contributed by atoms with Crippen molar-refractivity contribution in [2.24, 2.45) is 0 Å². The van der Waals surface area contributed by atoms with Crippen LogP contribution in [0.4, 0.5) is 5.69 Å². The quantitative estimate of drug-likeness (QED) is 0.440. The number of rotatable bonds is 6. The van der Waals surface area contributed by atoms with Crippen LogP contribution in [0.1, 0.15) is 6.92 Å². The normalized spacial score (nSPS) is 9.93. The molecule has 0 unspecified atom stereocenters. The van der Waals surface area contributed by atoms with Crippen molar-refractivity contribution in [1.29, 1.82) is 0 Å².